The van der Waals surface area contributed by atoms with Crippen LogP contribution in [-0.2, 0) is 14.3 Å². The lowest BCUT2D eigenvalue weighted by atomic mass is 10.2. The van der Waals surface area contributed by atoms with Gasteiger partial charge in [-0.3, -0.25) is 0 Å². The number of carbonyl (C=O) groups excluding carboxylic acids is 2. The Morgan fingerprint density at radius 3 is 2.35 bits per heavy atom. The average molecular weight is 333 g/mol. The van der Waals surface area contributed by atoms with Gasteiger partial charge in [0.2, 0.25) is 0 Å². The van der Waals surface area contributed by atoms with Crippen LogP contribution < -0.4 is 4.74 Å². The molecule has 0 aliphatic rings. The van der Waals surface area contributed by atoms with Crippen LogP contribution in [0.2, 0.25) is 9.36 Å². The maximum Gasteiger partial charge on any atom is 0.352 e. The molecule has 1 aromatic heterocycles. The van der Waals surface area contributed by atoms with Gasteiger partial charge >= 0.3 is 11.9 Å². The van der Waals surface area contributed by atoms with Crippen molar-refractivity contribution in [1.29, 1.82) is 0 Å². The first-order valence-electron chi connectivity index (χ1n) is 4.75. The van der Waals surface area contributed by atoms with Crippen molar-refractivity contribution in [2.24, 2.45) is 0 Å². The molecule has 0 unspecified atom stereocenters. The summed E-state index contributed by atoms with van der Waals surface area (Å²) in [5.74, 6) is -2.09. The van der Waals surface area contributed by atoms with Crippen LogP contribution in [0.15, 0.2) is 0 Å². The predicted octanol–water partition coefficient (Wildman–Crippen LogP) is 2.67. The van der Waals surface area contributed by atoms with Crippen molar-refractivity contribution >= 4 is 46.5 Å². The molecule has 5 nitrogen and oxygen atoms in total. The van der Waals surface area contributed by atoms with Crippen LogP contribution in [0, 0.1) is 27.9 Å². The Bertz CT molecular complexity index is 519. The third kappa shape index (κ3) is 4.54. The van der Waals surface area contributed by atoms with Gasteiger partial charge in [0.1, 0.15) is 15.0 Å². The number of esters is 2. The van der Waals surface area contributed by atoms with Crippen LogP contribution in [0.5, 0.6) is 5.75 Å². The summed E-state index contributed by atoms with van der Waals surface area (Å²) in [6.45, 7) is 14.5. The van der Waals surface area contributed by atoms with Gasteiger partial charge in [-0.1, -0.05) is 23.2 Å². The molecule has 20 heavy (non-hydrogen) atoms. The van der Waals surface area contributed by atoms with E-state index in [0.29, 0.717) is 0 Å². The molecular formula is C12H6Cl2O5S. The number of thiophene rings is 1. The highest BCUT2D eigenvalue weighted by molar-refractivity contribution is 7.19. The Hall–Kier alpha value is -0.980. The standard InChI is InChI=1S/C12H6Cl2O5S/c1-12(2,3)19-6(15)5-18-8-7(13)10(14)20-9(8)11(16)17-4/h1-4H,5H2. The third-order valence-electron chi connectivity index (χ3n) is 1.69. The molecule has 0 aliphatic heterocycles. The van der Waals surface area contributed by atoms with Crippen LogP contribution in [0.3, 0.4) is 0 Å². The molecule has 8 heteroatoms. The summed E-state index contributed by atoms with van der Waals surface area (Å²) in [6, 6.07) is 0. The number of rotatable bonds is 5. The van der Waals surface area contributed by atoms with Gasteiger partial charge < -0.3 is 14.2 Å². The lowest BCUT2D eigenvalue weighted by Gasteiger charge is -2.18. The fourth-order valence-corrected chi connectivity index (χ4v) is 2.43. The number of hydrogen-bond acceptors (Lipinski definition) is 6. The van der Waals surface area contributed by atoms with E-state index in [1.807, 2.05) is 0 Å². The zero-order chi connectivity index (χ0) is 15.5. The molecule has 0 fully saturated rings. The summed E-state index contributed by atoms with van der Waals surface area (Å²) in [5.41, 5.74) is -2.14. The number of hydrogen-bond donors (Lipinski definition) is 0. The quantitative estimate of drug-likeness (QED) is 0.776. The monoisotopic (exact) mass is 332 g/mol. The molecule has 0 atom stereocenters. The van der Waals surface area contributed by atoms with E-state index in [4.69, 9.17) is 55.8 Å². The van der Waals surface area contributed by atoms with Gasteiger partial charge in [-0.15, -0.1) is 11.3 Å². The van der Waals surface area contributed by atoms with E-state index >= 15 is 0 Å². The fraction of sp³-hybridized carbons (Fsp3) is 0.167. The van der Waals surface area contributed by atoms with Crippen molar-refractivity contribution in [2.45, 2.75) is 5.60 Å². The molecule has 0 amide bonds. The van der Waals surface area contributed by atoms with E-state index in [1.165, 1.54) is 0 Å². The molecule has 8 radical (unpaired) electrons. The third-order valence-corrected chi connectivity index (χ3v) is 3.62. The Morgan fingerprint density at radius 2 is 1.85 bits per heavy atom. The second-order valence-electron chi connectivity index (χ2n) is 3.37. The Balaban J connectivity index is 2.82. The van der Waals surface area contributed by atoms with E-state index in [9.17, 15) is 9.59 Å². The predicted molar refractivity (Wildman–Crippen MR) is 71.3 cm³/mol. The molecule has 0 spiro atoms. The van der Waals surface area contributed by atoms with Gasteiger partial charge in [0, 0.05) is 20.8 Å². The van der Waals surface area contributed by atoms with Gasteiger partial charge in [-0.2, -0.15) is 0 Å². The summed E-state index contributed by atoms with van der Waals surface area (Å²) >= 11 is 12.3. The number of carbonyl (C=O) groups is 2. The van der Waals surface area contributed by atoms with Gasteiger partial charge in [0.15, 0.2) is 24.3 Å². The van der Waals surface area contributed by atoms with E-state index in [-0.39, 0.29) is 20.0 Å². The SMILES string of the molecule is [CH]OC(=O)c1sc(Cl)c(Cl)c1OCC(=O)OC([CH])([CH])[CH]. The summed E-state index contributed by atoms with van der Waals surface area (Å²) in [5, 5.41) is -0.0793. The fourth-order valence-electron chi connectivity index (χ4n) is 1.04. The molecule has 104 valence electrons. The minimum absolute atomic E-state index is 0.0567. The largest absolute Gasteiger partial charge is 0.478 e. The second kappa shape index (κ2) is 6.65. The van der Waals surface area contributed by atoms with Crippen molar-refractivity contribution < 1.29 is 23.8 Å². The minimum atomic E-state index is -2.14. The van der Waals surface area contributed by atoms with E-state index in [1.54, 1.807) is 0 Å². The van der Waals surface area contributed by atoms with E-state index in [0.717, 1.165) is 11.3 Å². The Morgan fingerprint density at radius 1 is 1.25 bits per heavy atom. The maximum atomic E-state index is 11.4. The number of halogens is 2. The topological polar surface area (TPSA) is 61.8 Å². The molecule has 1 heterocycles. The maximum absolute atomic E-state index is 11.4. The molecule has 0 bridgehead atoms. The van der Waals surface area contributed by atoms with Crippen LogP contribution >= 0.6 is 34.5 Å². The van der Waals surface area contributed by atoms with Crippen molar-refractivity contribution in [3.8, 4) is 5.75 Å². The minimum Gasteiger partial charge on any atom is -0.478 e. The van der Waals surface area contributed by atoms with E-state index in [2.05, 4.69) is 9.47 Å². The lowest BCUT2D eigenvalue weighted by Crippen LogP contribution is -2.28. The van der Waals surface area contributed by atoms with Gasteiger partial charge in [-0.05, 0) is 0 Å². The normalized spacial score (nSPS) is 11.1. The smallest absolute Gasteiger partial charge is 0.352 e. The van der Waals surface area contributed by atoms with Crippen LogP contribution in [-0.4, -0.2) is 24.1 Å². The molecule has 0 saturated heterocycles. The molecule has 1 rings (SSSR count). The zero-order valence-corrected chi connectivity index (χ0v) is 12.1. The molecule has 1 aromatic rings. The molecule has 0 N–H and O–H groups in total. The van der Waals surface area contributed by atoms with Gasteiger partial charge in [0.25, 0.3) is 0 Å². The van der Waals surface area contributed by atoms with Crippen molar-refractivity contribution in [3.63, 3.8) is 0 Å². The summed E-state index contributed by atoms with van der Waals surface area (Å²) in [6.07, 6.45) is 0. The van der Waals surface area contributed by atoms with Crippen LogP contribution in [0.1, 0.15) is 9.67 Å². The van der Waals surface area contributed by atoms with Crippen molar-refractivity contribution in [1.82, 2.24) is 0 Å². The first-order chi connectivity index (χ1) is 9.15. The number of ether oxygens (including phenoxy) is 3. The van der Waals surface area contributed by atoms with Crippen molar-refractivity contribution in [3.05, 3.63) is 42.1 Å². The summed E-state index contributed by atoms with van der Waals surface area (Å²) in [4.78, 5) is 22.5. The van der Waals surface area contributed by atoms with Gasteiger partial charge in [0.05, 0.1) is 0 Å². The summed E-state index contributed by atoms with van der Waals surface area (Å²) < 4.78 is 13.5. The Kier molecular flexibility index (Phi) is 5.68. The molecule has 0 saturated carbocycles. The highest BCUT2D eigenvalue weighted by Gasteiger charge is 2.25. The molecule has 0 aliphatic carbocycles. The molecule has 0 aromatic carbocycles. The molecular weight excluding hydrogens is 327 g/mol. The van der Waals surface area contributed by atoms with Crippen LogP contribution in [0.25, 0.3) is 0 Å². The lowest BCUT2D eigenvalue weighted by molar-refractivity contribution is -0.151. The average Bonchev–Trinajstić information content (AvgIpc) is 2.60. The first kappa shape index (κ1) is 17.1. The Labute approximate surface area is 130 Å². The first-order valence-corrected chi connectivity index (χ1v) is 6.33. The van der Waals surface area contributed by atoms with E-state index < -0.39 is 24.1 Å². The highest BCUT2D eigenvalue weighted by Crippen LogP contribution is 2.43. The van der Waals surface area contributed by atoms with Crippen molar-refractivity contribution in [2.75, 3.05) is 6.61 Å². The second-order valence-corrected chi connectivity index (χ2v) is 5.37. The highest BCUT2D eigenvalue weighted by atomic mass is 35.5. The van der Waals surface area contributed by atoms with Gasteiger partial charge in [-0.25, -0.2) is 9.59 Å². The summed E-state index contributed by atoms with van der Waals surface area (Å²) in [7, 11) is 4.75. The zero-order valence-electron chi connectivity index (χ0n) is 9.72. The van der Waals surface area contributed by atoms with Crippen LogP contribution in [0.4, 0.5) is 0 Å².